The van der Waals surface area contributed by atoms with Crippen LogP contribution in [0.3, 0.4) is 0 Å². The van der Waals surface area contributed by atoms with E-state index >= 15 is 0 Å². The van der Waals surface area contributed by atoms with Crippen molar-refractivity contribution in [2.75, 3.05) is 6.54 Å². The van der Waals surface area contributed by atoms with E-state index in [2.05, 4.69) is 26.0 Å². The van der Waals surface area contributed by atoms with E-state index in [1.54, 1.807) is 18.2 Å². The van der Waals surface area contributed by atoms with Gasteiger partial charge in [0.05, 0.1) is 11.6 Å². The number of carbonyl (C=O) groups excluding carboxylic acids is 1. The van der Waals surface area contributed by atoms with Crippen LogP contribution >= 0.6 is 0 Å². The summed E-state index contributed by atoms with van der Waals surface area (Å²) in [5.74, 6) is 0.0952. The number of fused-ring (bicyclic) bond motifs is 1. The fourth-order valence-electron chi connectivity index (χ4n) is 5.26. The molecule has 4 heteroatoms. The second-order valence-electron chi connectivity index (χ2n) is 9.39. The number of amides is 1. The lowest BCUT2D eigenvalue weighted by atomic mass is 9.66. The summed E-state index contributed by atoms with van der Waals surface area (Å²) in [6.45, 7) is 4.82. The SMILES string of the molecule is CC(C)c1ccc(/C=C/C(=O)N2CC[C@@]3(O)CCCC[C@@H]3[C@@H]2c2ccc(F)cc2)cc1. The summed E-state index contributed by atoms with van der Waals surface area (Å²) in [5.41, 5.74) is 2.41. The summed E-state index contributed by atoms with van der Waals surface area (Å²) >= 11 is 0. The van der Waals surface area contributed by atoms with Gasteiger partial charge < -0.3 is 10.0 Å². The quantitative estimate of drug-likeness (QED) is 0.629. The standard InChI is InChI=1S/C27H32FNO2/c1-19(2)21-9-6-20(7-10-21)8-15-25(30)29-18-17-27(31)16-4-3-5-24(27)26(29)22-11-13-23(28)14-12-22/h6-15,19,24,26,31H,3-5,16-18H2,1-2H3/b15-8+/t24-,26+,27+/m1/s1. The highest BCUT2D eigenvalue weighted by atomic mass is 19.1. The second-order valence-corrected chi connectivity index (χ2v) is 9.39. The molecule has 3 atom stereocenters. The summed E-state index contributed by atoms with van der Waals surface area (Å²) in [6, 6.07) is 14.4. The lowest BCUT2D eigenvalue weighted by Gasteiger charge is -2.52. The maximum absolute atomic E-state index is 13.6. The van der Waals surface area contributed by atoms with E-state index in [-0.39, 0.29) is 23.7 Å². The van der Waals surface area contributed by atoms with Crippen molar-refractivity contribution in [3.63, 3.8) is 0 Å². The molecular formula is C27H32FNO2. The van der Waals surface area contributed by atoms with Crippen LogP contribution in [0, 0.1) is 11.7 Å². The zero-order chi connectivity index (χ0) is 22.0. The highest BCUT2D eigenvalue weighted by Crippen LogP contribution is 2.49. The van der Waals surface area contributed by atoms with Gasteiger partial charge in [0.2, 0.25) is 5.91 Å². The van der Waals surface area contributed by atoms with Crippen LogP contribution in [0.25, 0.3) is 6.08 Å². The van der Waals surface area contributed by atoms with Gasteiger partial charge in [0.25, 0.3) is 0 Å². The first-order valence-electron chi connectivity index (χ1n) is 11.4. The Morgan fingerprint density at radius 1 is 1.10 bits per heavy atom. The van der Waals surface area contributed by atoms with E-state index in [9.17, 15) is 14.3 Å². The van der Waals surface area contributed by atoms with E-state index in [1.807, 2.05) is 23.1 Å². The molecule has 0 aromatic heterocycles. The number of aliphatic hydroxyl groups is 1. The minimum absolute atomic E-state index is 0.0249. The van der Waals surface area contributed by atoms with Crippen LogP contribution in [0.5, 0.6) is 0 Å². The summed E-state index contributed by atoms with van der Waals surface area (Å²) in [7, 11) is 0. The topological polar surface area (TPSA) is 40.5 Å². The zero-order valence-electron chi connectivity index (χ0n) is 18.4. The average molecular weight is 422 g/mol. The number of piperidine rings is 1. The Labute approximate surface area is 184 Å². The van der Waals surface area contributed by atoms with E-state index in [1.165, 1.54) is 17.7 Å². The number of rotatable bonds is 4. The molecule has 4 rings (SSSR count). The monoisotopic (exact) mass is 421 g/mol. The van der Waals surface area contributed by atoms with Crippen molar-refractivity contribution >= 4 is 12.0 Å². The van der Waals surface area contributed by atoms with Crippen LogP contribution in [-0.2, 0) is 4.79 Å². The Balaban J connectivity index is 1.60. The smallest absolute Gasteiger partial charge is 0.247 e. The number of hydrogen-bond acceptors (Lipinski definition) is 2. The van der Waals surface area contributed by atoms with Gasteiger partial charge in [-0.15, -0.1) is 0 Å². The molecular weight excluding hydrogens is 389 g/mol. The largest absolute Gasteiger partial charge is 0.389 e. The van der Waals surface area contributed by atoms with Crippen LogP contribution in [0.4, 0.5) is 4.39 Å². The maximum Gasteiger partial charge on any atom is 0.247 e. The Morgan fingerprint density at radius 3 is 2.48 bits per heavy atom. The van der Waals surface area contributed by atoms with Crippen LogP contribution in [0.2, 0.25) is 0 Å². The van der Waals surface area contributed by atoms with Crippen LogP contribution in [-0.4, -0.2) is 28.1 Å². The molecule has 1 heterocycles. The van der Waals surface area contributed by atoms with Gasteiger partial charge in [0, 0.05) is 18.5 Å². The molecule has 1 amide bonds. The van der Waals surface area contributed by atoms with Gasteiger partial charge in [-0.1, -0.05) is 63.1 Å². The number of nitrogens with zero attached hydrogens (tertiary/aromatic N) is 1. The molecule has 164 valence electrons. The molecule has 1 saturated heterocycles. The Morgan fingerprint density at radius 2 is 1.81 bits per heavy atom. The molecule has 2 fully saturated rings. The van der Waals surface area contributed by atoms with Crippen LogP contribution < -0.4 is 0 Å². The molecule has 31 heavy (non-hydrogen) atoms. The molecule has 2 aromatic rings. The first-order chi connectivity index (χ1) is 14.9. The molecule has 2 aromatic carbocycles. The van der Waals surface area contributed by atoms with Crippen molar-refractivity contribution in [2.24, 2.45) is 5.92 Å². The van der Waals surface area contributed by atoms with Gasteiger partial charge in [0.1, 0.15) is 5.82 Å². The van der Waals surface area contributed by atoms with Gasteiger partial charge in [-0.05, 0) is 60.1 Å². The van der Waals surface area contributed by atoms with Crippen molar-refractivity contribution < 1.29 is 14.3 Å². The number of halogens is 1. The summed E-state index contributed by atoms with van der Waals surface area (Å²) in [5, 5.41) is 11.3. The average Bonchev–Trinajstić information content (AvgIpc) is 2.77. The summed E-state index contributed by atoms with van der Waals surface area (Å²) in [6.07, 6.45) is 7.80. The number of likely N-dealkylation sites (tertiary alicyclic amines) is 1. The van der Waals surface area contributed by atoms with Crippen LogP contribution in [0.1, 0.15) is 74.6 Å². The maximum atomic E-state index is 13.6. The van der Waals surface area contributed by atoms with E-state index in [0.29, 0.717) is 18.9 Å². The predicted octanol–water partition coefficient (Wildman–Crippen LogP) is 5.86. The van der Waals surface area contributed by atoms with Gasteiger partial charge in [0.15, 0.2) is 0 Å². The highest BCUT2D eigenvalue weighted by Gasteiger charge is 2.49. The predicted molar refractivity (Wildman–Crippen MR) is 122 cm³/mol. The van der Waals surface area contributed by atoms with Gasteiger partial charge >= 0.3 is 0 Å². The minimum Gasteiger partial charge on any atom is -0.389 e. The van der Waals surface area contributed by atoms with Crippen molar-refractivity contribution in [1.29, 1.82) is 0 Å². The summed E-state index contributed by atoms with van der Waals surface area (Å²) < 4.78 is 13.6. The molecule has 1 aliphatic heterocycles. The zero-order valence-corrected chi connectivity index (χ0v) is 18.4. The number of carbonyl (C=O) groups is 1. The Hall–Kier alpha value is -2.46. The first-order valence-corrected chi connectivity index (χ1v) is 11.4. The van der Waals surface area contributed by atoms with Gasteiger partial charge in [-0.3, -0.25) is 4.79 Å². The number of hydrogen-bond donors (Lipinski definition) is 1. The van der Waals surface area contributed by atoms with Crippen LogP contribution in [0.15, 0.2) is 54.6 Å². The molecule has 0 bridgehead atoms. The third-order valence-corrected chi connectivity index (χ3v) is 7.08. The van der Waals surface area contributed by atoms with Crippen molar-refractivity contribution in [1.82, 2.24) is 4.90 Å². The highest BCUT2D eigenvalue weighted by molar-refractivity contribution is 5.92. The van der Waals surface area contributed by atoms with E-state index in [4.69, 9.17) is 0 Å². The molecule has 1 aliphatic carbocycles. The molecule has 2 aliphatic rings. The molecule has 0 spiro atoms. The number of benzene rings is 2. The van der Waals surface area contributed by atoms with Crippen molar-refractivity contribution in [3.05, 3.63) is 77.1 Å². The molecule has 1 saturated carbocycles. The fraction of sp³-hybridized carbons (Fsp3) is 0.444. The third-order valence-electron chi connectivity index (χ3n) is 7.08. The first kappa shape index (κ1) is 21.8. The van der Waals surface area contributed by atoms with E-state index < -0.39 is 5.60 Å². The lowest BCUT2D eigenvalue weighted by molar-refractivity contribution is -0.150. The van der Waals surface area contributed by atoms with E-state index in [0.717, 1.165) is 36.8 Å². The lowest BCUT2D eigenvalue weighted by Crippen LogP contribution is -2.56. The molecule has 0 unspecified atom stereocenters. The molecule has 0 radical (unpaired) electrons. The Kier molecular flexibility index (Phi) is 6.29. The Bertz CT molecular complexity index is 935. The minimum atomic E-state index is -0.746. The molecule has 1 N–H and O–H groups in total. The van der Waals surface area contributed by atoms with Crippen molar-refractivity contribution in [3.8, 4) is 0 Å². The van der Waals surface area contributed by atoms with Gasteiger partial charge in [-0.25, -0.2) is 4.39 Å². The van der Waals surface area contributed by atoms with Crippen molar-refractivity contribution in [2.45, 2.75) is 63.5 Å². The normalized spacial score (nSPS) is 26.3. The molecule has 3 nitrogen and oxygen atoms in total. The third kappa shape index (κ3) is 4.59. The second kappa shape index (κ2) is 8.96. The fourth-order valence-corrected chi connectivity index (χ4v) is 5.26. The summed E-state index contributed by atoms with van der Waals surface area (Å²) in [4.78, 5) is 15.1. The van der Waals surface area contributed by atoms with Gasteiger partial charge in [-0.2, -0.15) is 0 Å².